The number of rotatable bonds is 47. The second kappa shape index (κ2) is 52.9. The molecule has 0 aromatic heterocycles. The molecule has 0 aromatic rings. The molecule has 0 spiro atoms. The number of hydrogen-bond acceptors (Lipinski definition) is 6. The van der Waals surface area contributed by atoms with Crippen LogP contribution in [-0.4, -0.2) is 37.2 Å². The van der Waals surface area contributed by atoms with Crippen LogP contribution in [0.3, 0.4) is 0 Å². The monoisotopic (exact) mass is 903 g/mol. The molecule has 0 N–H and O–H groups in total. The Morgan fingerprint density at radius 2 is 0.615 bits per heavy atom. The van der Waals surface area contributed by atoms with Crippen LogP contribution < -0.4 is 0 Å². The number of allylic oxidation sites excluding steroid dienone is 16. The van der Waals surface area contributed by atoms with E-state index < -0.39 is 6.10 Å². The normalized spacial score (nSPS) is 12.8. The highest BCUT2D eigenvalue weighted by atomic mass is 16.6. The van der Waals surface area contributed by atoms with E-state index in [0.29, 0.717) is 19.3 Å². The van der Waals surface area contributed by atoms with Crippen LogP contribution in [-0.2, 0) is 28.6 Å². The molecule has 6 heteroatoms. The Balaban J connectivity index is 4.39. The van der Waals surface area contributed by atoms with Crippen LogP contribution in [0.15, 0.2) is 97.2 Å². The molecular formula is C59H98O6. The molecule has 1 unspecified atom stereocenters. The molecule has 0 amide bonds. The average molecular weight is 903 g/mol. The number of carbonyl (C=O) groups is 3. The van der Waals surface area contributed by atoms with Gasteiger partial charge in [-0.2, -0.15) is 0 Å². The van der Waals surface area contributed by atoms with Crippen molar-refractivity contribution in [3.05, 3.63) is 97.2 Å². The summed E-state index contributed by atoms with van der Waals surface area (Å²) in [6.07, 6.45) is 69.6. The van der Waals surface area contributed by atoms with Gasteiger partial charge < -0.3 is 14.2 Å². The van der Waals surface area contributed by atoms with Crippen molar-refractivity contribution in [2.75, 3.05) is 13.2 Å². The second-order valence-corrected chi connectivity index (χ2v) is 17.4. The Bertz CT molecular complexity index is 1310. The maximum absolute atomic E-state index is 12.8. The predicted octanol–water partition coefficient (Wildman–Crippen LogP) is 17.8. The lowest BCUT2D eigenvalue weighted by molar-refractivity contribution is -0.167. The quantitative estimate of drug-likeness (QED) is 0.0262. The van der Waals surface area contributed by atoms with Gasteiger partial charge in [0.1, 0.15) is 13.2 Å². The summed E-state index contributed by atoms with van der Waals surface area (Å²) in [6.45, 7) is 6.43. The molecule has 0 bridgehead atoms. The lowest BCUT2D eigenvalue weighted by Gasteiger charge is -2.18. The highest BCUT2D eigenvalue weighted by Gasteiger charge is 2.19. The van der Waals surface area contributed by atoms with Crippen LogP contribution in [0.5, 0.6) is 0 Å². The Morgan fingerprint density at radius 1 is 0.323 bits per heavy atom. The minimum absolute atomic E-state index is 0.0910. The number of esters is 3. The van der Waals surface area contributed by atoms with Gasteiger partial charge in [0.05, 0.1) is 0 Å². The van der Waals surface area contributed by atoms with Gasteiger partial charge in [-0.3, -0.25) is 14.4 Å². The fraction of sp³-hybridized carbons (Fsp3) is 0.678. The first-order chi connectivity index (χ1) is 32.0. The molecule has 0 aliphatic rings. The first kappa shape index (κ1) is 61.3. The van der Waals surface area contributed by atoms with Gasteiger partial charge in [-0.05, 0) is 96.3 Å². The van der Waals surface area contributed by atoms with Crippen LogP contribution in [0.25, 0.3) is 0 Å². The summed E-state index contributed by atoms with van der Waals surface area (Å²) in [6, 6.07) is 0. The zero-order valence-corrected chi connectivity index (χ0v) is 42.2. The SMILES string of the molecule is CC/C=C\C/C=C\C/C=C\C/C=C\C/C=C\C/C=C\CCCCCCC(=O)OCC(COC(=O)CCCCCCCCCCCC)OC(=O)CCCCCCC/C=C\C/C=C\CCCC. The van der Waals surface area contributed by atoms with Crippen LogP contribution in [0.2, 0.25) is 0 Å². The zero-order chi connectivity index (χ0) is 47.2. The number of carbonyl (C=O) groups excluding carboxylic acids is 3. The van der Waals surface area contributed by atoms with Gasteiger partial charge >= 0.3 is 17.9 Å². The van der Waals surface area contributed by atoms with Gasteiger partial charge in [0, 0.05) is 19.3 Å². The maximum Gasteiger partial charge on any atom is 0.306 e. The molecule has 0 saturated carbocycles. The van der Waals surface area contributed by atoms with Gasteiger partial charge in [0.25, 0.3) is 0 Å². The van der Waals surface area contributed by atoms with Crippen molar-refractivity contribution in [2.45, 2.75) is 245 Å². The number of unbranched alkanes of at least 4 members (excludes halogenated alkanes) is 20. The minimum Gasteiger partial charge on any atom is -0.462 e. The van der Waals surface area contributed by atoms with E-state index >= 15 is 0 Å². The molecule has 6 nitrogen and oxygen atoms in total. The van der Waals surface area contributed by atoms with Gasteiger partial charge in [0.2, 0.25) is 0 Å². The smallest absolute Gasteiger partial charge is 0.306 e. The van der Waals surface area contributed by atoms with Crippen LogP contribution in [0, 0.1) is 0 Å². The van der Waals surface area contributed by atoms with Crippen molar-refractivity contribution in [2.24, 2.45) is 0 Å². The molecule has 65 heavy (non-hydrogen) atoms. The Morgan fingerprint density at radius 3 is 0.985 bits per heavy atom. The predicted molar refractivity (Wildman–Crippen MR) is 279 cm³/mol. The van der Waals surface area contributed by atoms with Crippen LogP contribution in [0.4, 0.5) is 0 Å². The third-order valence-electron chi connectivity index (χ3n) is 11.1. The van der Waals surface area contributed by atoms with E-state index in [2.05, 4.69) is 118 Å². The van der Waals surface area contributed by atoms with E-state index in [9.17, 15) is 14.4 Å². The first-order valence-corrected chi connectivity index (χ1v) is 26.7. The van der Waals surface area contributed by atoms with Crippen LogP contribution in [0.1, 0.15) is 239 Å². The molecule has 0 aliphatic heterocycles. The number of hydrogen-bond donors (Lipinski definition) is 0. The highest BCUT2D eigenvalue weighted by molar-refractivity contribution is 5.71. The molecule has 370 valence electrons. The summed E-state index contributed by atoms with van der Waals surface area (Å²) in [5, 5.41) is 0. The highest BCUT2D eigenvalue weighted by Crippen LogP contribution is 2.14. The Hall–Kier alpha value is -3.67. The maximum atomic E-state index is 12.8. The van der Waals surface area contributed by atoms with Gasteiger partial charge in [-0.15, -0.1) is 0 Å². The summed E-state index contributed by atoms with van der Waals surface area (Å²) in [7, 11) is 0. The van der Waals surface area contributed by atoms with Gasteiger partial charge in [-0.25, -0.2) is 0 Å². The van der Waals surface area contributed by atoms with E-state index in [-0.39, 0.29) is 31.1 Å². The summed E-state index contributed by atoms with van der Waals surface area (Å²) < 4.78 is 16.8. The minimum atomic E-state index is -0.794. The first-order valence-electron chi connectivity index (χ1n) is 26.7. The fourth-order valence-corrected chi connectivity index (χ4v) is 7.05. The van der Waals surface area contributed by atoms with Crippen molar-refractivity contribution >= 4 is 17.9 Å². The Labute approximate surface area is 400 Å². The molecular weight excluding hydrogens is 805 g/mol. The molecule has 0 rings (SSSR count). The molecule has 0 heterocycles. The van der Waals surface area contributed by atoms with E-state index in [1.165, 1.54) is 64.2 Å². The molecule has 0 aliphatic carbocycles. The third kappa shape index (κ3) is 51.2. The van der Waals surface area contributed by atoms with Gasteiger partial charge in [0.15, 0.2) is 6.10 Å². The standard InChI is InChI=1S/C59H98O6/c1-4-7-10-13-16-19-22-24-26-27-28-29-30-31-32-33-34-36-37-40-43-46-49-52-58(61)64-55-56(54-63-57(60)51-48-45-42-39-21-18-15-12-9-6-3)65-59(62)53-50-47-44-41-38-35-25-23-20-17-14-11-8-5-2/h7,10,14,16-17,19,23-26,28-29,31-32,34,36,56H,4-6,8-9,11-13,15,18,20-22,27,30,33,35,37-55H2,1-3H3/b10-7-,17-14-,19-16-,25-23-,26-24-,29-28-,32-31-,36-34-. The van der Waals surface area contributed by atoms with Crippen molar-refractivity contribution in [1.82, 2.24) is 0 Å². The van der Waals surface area contributed by atoms with Crippen molar-refractivity contribution in [3.63, 3.8) is 0 Å². The molecule has 0 radical (unpaired) electrons. The lowest BCUT2D eigenvalue weighted by atomic mass is 10.1. The third-order valence-corrected chi connectivity index (χ3v) is 11.1. The average Bonchev–Trinajstić information content (AvgIpc) is 3.30. The van der Waals surface area contributed by atoms with Crippen molar-refractivity contribution < 1.29 is 28.6 Å². The topological polar surface area (TPSA) is 78.9 Å². The van der Waals surface area contributed by atoms with E-state index in [0.717, 1.165) is 135 Å². The van der Waals surface area contributed by atoms with Gasteiger partial charge in [-0.1, -0.05) is 221 Å². The van der Waals surface area contributed by atoms with Crippen molar-refractivity contribution in [1.29, 1.82) is 0 Å². The summed E-state index contributed by atoms with van der Waals surface area (Å²) >= 11 is 0. The molecule has 0 saturated heterocycles. The largest absolute Gasteiger partial charge is 0.462 e. The van der Waals surface area contributed by atoms with E-state index in [1.807, 2.05) is 0 Å². The molecule has 0 fully saturated rings. The van der Waals surface area contributed by atoms with Crippen LogP contribution >= 0.6 is 0 Å². The summed E-state index contributed by atoms with van der Waals surface area (Å²) in [4.78, 5) is 38.0. The molecule has 0 aromatic carbocycles. The number of ether oxygens (including phenoxy) is 3. The molecule has 1 atom stereocenters. The fourth-order valence-electron chi connectivity index (χ4n) is 7.05. The lowest BCUT2D eigenvalue weighted by Crippen LogP contribution is -2.30. The van der Waals surface area contributed by atoms with E-state index in [4.69, 9.17) is 14.2 Å². The Kier molecular flexibility index (Phi) is 50.0. The zero-order valence-electron chi connectivity index (χ0n) is 42.2. The van der Waals surface area contributed by atoms with Crippen molar-refractivity contribution in [3.8, 4) is 0 Å². The second-order valence-electron chi connectivity index (χ2n) is 17.4. The summed E-state index contributed by atoms with van der Waals surface area (Å²) in [5.41, 5.74) is 0. The van der Waals surface area contributed by atoms with E-state index in [1.54, 1.807) is 0 Å². The summed E-state index contributed by atoms with van der Waals surface area (Å²) in [5.74, 6) is -0.934.